The highest BCUT2D eigenvalue weighted by Gasteiger charge is 2.34. The van der Waals surface area contributed by atoms with E-state index in [9.17, 15) is 9.90 Å². The van der Waals surface area contributed by atoms with E-state index in [2.05, 4.69) is 5.32 Å². The van der Waals surface area contributed by atoms with Gasteiger partial charge in [0.15, 0.2) is 11.5 Å². The van der Waals surface area contributed by atoms with Crippen LogP contribution in [0.3, 0.4) is 0 Å². The molecule has 1 aliphatic heterocycles. The van der Waals surface area contributed by atoms with Crippen LogP contribution in [0.2, 0.25) is 0 Å². The molecule has 1 aromatic rings. The van der Waals surface area contributed by atoms with Crippen LogP contribution in [0.1, 0.15) is 42.5 Å². The average molecular weight is 291 g/mol. The first kappa shape index (κ1) is 14.2. The van der Waals surface area contributed by atoms with Crippen LogP contribution in [0.25, 0.3) is 0 Å². The zero-order valence-corrected chi connectivity index (χ0v) is 12.1. The number of fused-ring (bicyclic) bond motifs is 1. The number of carbonyl (C=O) groups excluding carboxylic acids is 1. The van der Waals surface area contributed by atoms with Crippen LogP contribution in [-0.4, -0.2) is 36.4 Å². The normalized spacial score (nSPS) is 19.9. The highest BCUT2D eigenvalue weighted by atomic mass is 16.6. The molecular formula is C16H21NO4. The van der Waals surface area contributed by atoms with E-state index in [1.165, 1.54) is 0 Å². The van der Waals surface area contributed by atoms with Gasteiger partial charge >= 0.3 is 0 Å². The fraction of sp³-hybridized carbons (Fsp3) is 0.562. The summed E-state index contributed by atoms with van der Waals surface area (Å²) < 4.78 is 11.1. The molecule has 1 heterocycles. The van der Waals surface area contributed by atoms with Gasteiger partial charge in [-0.1, -0.05) is 25.3 Å². The molecule has 0 unspecified atom stereocenters. The standard InChI is InChI=1S/C16H21NO4/c18-11-16(7-2-1-3-8-16)17-15(19)12-5-4-6-13-14(12)21-10-9-20-13/h4-6,18H,1-3,7-11H2,(H,17,19). The Morgan fingerprint density at radius 1 is 1.19 bits per heavy atom. The highest BCUT2D eigenvalue weighted by Crippen LogP contribution is 2.34. The van der Waals surface area contributed by atoms with Crippen molar-refractivity contribution in [3.8, 4) is 11.5 Å². The minimum atomic E-state index is -0.492. The second-order valence-electron chi connectivity index (χ2n) is 5.78. The molecule has 21 heavy (non-hydrogen) atoms. The summed E-state index contributed by atoms with van der Waals surface area (Å²) in [7, 11) is 0. The molecule has 0 bridgehead atoms. The summed E-state index contributed by atoms with van der Waals surface area (Å²) in [5.41, 5.74) is -0.0151. The van der Waals surface area contributed by atoms with E-state index in [0.717, 1.165) is 32.1 Å². The minimum absolute atomic E-state index is 0.0227. The number of hydrogen-bond donors (Lipinski definition) is 2. The summed E-state index contributed by atoms with van der Waals surface area (Å²) in [6.45, 7) is 0.923. The summed E-state index contributed by atoms with van der Waals surface area (Å²) in [6.07, 6.45) is 4.87. The third-order valence-corrected chi connectivity index (χ3v) is 4.30. The highest BCUT2D eigenvalue weighted by molar-refractivity contribution is 5.98. The lowest BCUT2D eigenvalue weighted by Crippen LogP contribution is -2.52. The molecule has 1 aliphatic carbocycles. The lowest BCUT2D eigenvalue weighted by atomic mass is 9.82. The van der Waals surface area contributed by atoms with Gasteiger partial charge in [-0.3, -0.25) is 4.79 Å². The van der Waals surface area contributed by atoms with E-state index in [-0.39, 0.29) is 12.5 Å². The van der Waals surface area contributed by atoms with Crippen molar-refractivity contribution in [3.05, 3.63) is 23.8 Å². The van der Waals surface area contributed by atoms with Crippen molar-refractivity contribution >= 4 is 5.91 Å². The van der Waals surface area contributed by atoms with Crippen LogP contribution in [0.15, 0.2) is 18.2 Å². The van der Waals surface area contributed by atoms with Crippen LogP contribution in [-0.2, 0) is 0 Å². The number of carbonyl (C=O) groups is 1. The zero-order valence-electron chi connectivity index (χ0n) is 12.1. The smallest absolute Gasteiger partial charge is 0.255 e. The fourth-order valence-electron chi connectivity index (χ4n) is 3.11. The second kappa shape index (κ2) is 5.93. The van der Waals surface area contributed by atoms with Crippen LogP contribution < -0.4 is 14.8 Å². The number of aliphatic hydroxyl groups excluding tert-OH is 1. The van der Waals surface area contributed by atoms with Crippen molar-refractivity contribution in [2.45, 2.75) is 37.6 Å². The summed E-state index contributed by atoms with van der Waals surface area (Å²) >= 11 is 0. The quantitative estimate of drug-likeness (QED) is 0.892. The lowest BCUT2D eigenvalue weighted by Gasteiger charge is -2.36. The molecule has 0 spiro atoms. The van der Waals surface area contributed by atoms with Gasteiger partial charge in [-0.05, 0) is 25.0 Å². The molecule has 0 radical (unpaired) electrons. The number of nitrogens with one attached hydrogen (secondary N) is 1. The number of amides is 1. The summed E-state index contributed by atoms with van der Waals surface area (Å²) in [5.74, 6) is 0.911. The molecule has 1 amide bonds. The molecule has 0 saturated heterocycles. The third-order valence-electron chi connectivity index (χ3n) is 4.30. The molecule has 1 saturated carbocycles. The fourth-order valence-corrected chi connectivity index (χ4v) is 3.11. The maximum atomic E-state index is 12.6. The van der Waals surface area contributed by atoms with Crippen molar-refractivity contribution in [1.82, 2.24) is 5.32 Å². The van der Waals surface area contributed by atoms with Gasteiger partial charge in [0.05, 0.1) is 17.7 Å². The molecule has 5 heteroatoms. The van der Waals surface area contributed by atoms with Gasteiger partial charge in [0, 0.05) is 0 Å². The number of aliphatic hydroxyl groups is 1. The first-order valence-electron chi connectivity index (χ1n) is 7.56. The molecule has 1 aromatic carbocycles. The molecule has 0 aromatic heterocycles. The van der Waals surface area contributed by atoms with Crippen LogP contribution >= 0.6 is 0 Å². The maximum absolute atomic E-state index is 12.6. The summed E-state index contributed by atoms with van der Waals surface area (Å²) in [6, 6.07) is 5.32. The van der Waals surface area contributed by atoms with Crippen molar-refractivity contribution in [1.29, 1.82) is 0 Å². The van der Waals surface area contributed by atoms with Crippen molar-refractivity contribution in [2.75, 3.05) is 19.8 Å². The number of ether oxygens (including phenoxy) is 2. The average Bonchev–Trinajstić information content (AvgIpc) is 2.55. The summed E-state index contributed by atoms with van der Waals surface area (Å²) in [4.78, 5) is 12.6. The Morgan fingerprint density at radius 2 is 1.95 bits per heavy atom. The van der Waals surface area contributed by atoms with E-state index < -0.39 is 5.54 Å². The minimum Gasteiger partial charge on any atom is -0.486 e. The Labute approximate surface area is 124 Å². The predicted molar refractivity (Wildman–Crippen MR) is 77.8 cm³/mol. The Balaban J connectivity index is 1.82. The number of hydrogen-bond acceptors (Lipinski definition) is 4. The van der Waals surface area contributed by atoms with Gasteiger partial charge in [0.2, 0.25) is 0 Å². The lowest BCUT2D eigenvalue weighted by molar-refractivity contribution is 0.0750. The molecular weight excluding hydrogens is 270 g/mol. The first-order chi connectivity index (χ1) is 10.2. The predicted octanol–water partition coefficient (Wildman–Crippen LogP) is 1.88. The van der Waals surface area contributed by atoms with E-state index in [1.54, 1.807) is 18.2 Å². The summed E-state index contributed by atoms with van der Waals surface area (Å²) in [5, 5.41) is 12.7. The first-order valence-corrected chi connectivity index (χ1v) is 7.56. The number of benzene rings is 1. The van der Waals surface area contributed by atoms with Gasteiger partial charge in [-0.2, -0.15) is 0 Å². The Hall–Kier alpha value is -1.75. The van der Waals surface area contributed by atoms with Crippen molar-refractivity contribution in [2.24, 2.45) is 0 Å². The van der Waals surface area contributed by atoms with Crippen LogP contribution in [0.4, 0.5) is 0 Å². The second-order valence-corrected chi connectivity index (χ2v) is 5.78. The Morgan fingerprint density at radius 3 is 2.71 bits per heavy atom. The maximum Gasteiger partial charge on any atom is 0.255 e. The van der Waals surface area contributed by atoms with Crippen molar-refractivity contribution < 1.29 is 19.4 Å². The van der Waals surface area contributed by atoms with E-state index >= 15 is 0 Å². The largest absolute Gasteiger partial charge is 0.486 e. The van der Waals surface area contributed by atoms with Gasteiger partial charge in [-0.25, -0.2) is 0 Å². The monoisotopic (exact) mass is 291 g/mol. The van der Waals surface area contributed by atoms with Crippen LogP contribution in [0.5, 0.6) is 11.5 Å². The zero-order chi connectivity index (χ0) is 14.7. The van der Waals surface area contributed by atoms with Crippen molar-refractivity contribution in [3.63, 3.8) is 0 Å². The third kappa shape index (κ3) is 2.83. The Kier molecular flexibility index (Phi) is 4.01. The SMILES string of the molecule is O=C(NC1(CO)CCCCC1)c1cccc2c1OCCO2. The van der Waals surface area contributed by atoms with E-state index in [4.69, 9.17) is 9.47 Å². The molecule has 114 valence electrons. The van der Waals surface area contributed by atoms with E-state index in [1.807, 2.05) is 0 Å². The van der Waals surface area contributed by atoms with Gasteiger partial charge < -0.3 is 19.9 Å². The molecule has 1 fully saturated rings. The number of para-hydroxylation sites is 1. The Bertz CT molecular complexity index is 523. The molecule has 2 aliphatic rings. The molecule has 2 N–H and O–H groups in total. The van der Waals surface area contributed by atoms with Gasteiger partial charge in [0.1, 0.15) is 13.2 Å². The van der Waals surface area contributed by atoms with Gasteiger partial charge in [-0.15, -0.1) is 0 Å². The molecule has 0 atom stereocenters. The van der Waals surface area contributed by atoms with E-state index in [0.29, 0.717) is 30.3 Å². The molecule has 5 nitrogen and oxygen atoms in total. The molecule has 3 rings (SSSR count). The topological polar surface area (TPSA) is 67.8 Å². The van der Waals surface area contributed by atoms with Gasteiger partial charge in [0.25, 0.3) is 5.91 Å². The van der Waals surface area contributed by atoms with Crippen LogP contribution in [0, 0.1) is 0 Å². The number of rotatable bonds is 3.